The highest BCUT2D eigenvalue weighted by Crippen LogP contribution is 2.29. The second-order valence-electron chi connectivity index (χ2n) is 3.99. The predicted octanol–water partition coefficient (Wildman–Crippen LogP) is 3.46. The van der Waals surface area contributed by atoms with E-state index in [1.165, 1.54) is 24.4 Å². The van der Waals surface area contributed by atoms with Crippen molar-refractivity contribution in [3.8, 4) is 0 Å². The fourth-order valence-corrected chi connectivity index (χ4v) is 1.50. The van der Waals surface area contributed by atoms with E-state index < -0.39 is 17.7 Å². The van der Waals surface area contributed by atoms with Crippen molar-refractivity contribution in [3.63, 3.8) is 0 Å². The molecule has 20 heavy (non-hydrogen) atoms. The predicted molar refractivity (Wildman–Crippen MR) is 64.8 cm³/mol. The second-order valence-corrected chi connectivity index (χ2v) is 3.99. The maximum Gasteiger partial charge on any atom is 0.416 e. The van der Waals surface area contributed by atoms with Crippen LogP contribution < -0.4 is 0 Å². The van der Waals surface area contributed by atoms with Crippen LogP contribution in [0.4, 0.5) is 13.2 Å². The number of benzene rings is 1. The van der Waals surface area contributed by atoms with Gasteiger partial charge >= 0.3 is 12.1 Å². The molecule has 0 aliphatic carbocycles. The Morgan fingerprint density at radius 3 is 2.35 bits per heavy atom. The first kappa shape index (κ1) is 14.0. The molecule has 0 spiro atoms. The standard InChI is InChI=1S/C14H10F3NO2/c15-14(16,17)11-6-4-10(5-7-11)9-20-13(19)12-3-1-2-8-18-12/h1-8H,9H2. The van der Waals surface area contributed by atoms with Gasteiger partial charge in [0.25, 0.3) is 0 Å². The number of rotatable bonds is 3. The SMILES string of the molecule is O=C(OCc1ccc(C(F)(F)F)cc1)c1ccccn1. The average molecular weight is 281 g/mol. The normalized spacial score (nSPS) is 11.2. The van der Waals surface area contributed by atoms with Crippen LogP contribution in [0.15, 0.2) is 48.7 Å². The Morgan fingerprint density at radius 1 is 1.10 bits per heavy atom. The zero-order valence-corrected chi connectivity index (χ0v) is 10.2. The Balaban J connectivity index is 1.96. The molecule has 6 heteroatoms. The van der Waals surface area contributed by atoms with Crippen LogP contribution in [0.5, 0.6) is 0 Å². The lowest BCUT2D eigenvalue weighted by Crippen LogP contribution is -2.08. The van der Waals surface area contributed by atoms with Gasteiger partial charge in [0, 0.05) is 6.20 Å². The van der Waals surface area contributed by atoms with E-state index in [1.807, 2.05) is 0 Å². The van der Waals surface area contributed by atoms with E-state index >= 15 is 0 Å². The monoisotopic (exact) mass is 281 g/mol. The lowest BCUT2D eigenvalue weighted by atomic mass is 10.1. The van der Waals surface area contributed by atoms with Gasteiger partial charge in [-0.1, -0.05) is 18.2 Å². The van der Waals surface area contributed by atoms with Crippen molar-refractivity contribution in [2.45, 2.75) is 12.8 Å². The Morgan fingerprint density at radius 2 is 1.80 bits per heavy atom. The highest BCUT2D eigenvalue weighted by atomic mass is 19.4. The molecular weight excluding hydrogens is 271 g/mol. The average Bonchev–Trinajstić information content (AvgIpc) is 2.45. The minimum absolute atomic E-state index is 0.104. The molecule has 1 aromatic carbocycles. The fourth-order valence-electron chi connectivity index (χ4n) is 1.50. The van der Waals surface area contributed by atoms with Crippen LogP contribution in [0, 0.1) is 0 Å². The van der Waals surface area contributed by atoms with Gasteiger partial charge in [0.05, 0.1) is 5.56 Å². The fraction of sp³-hybridized carbons (Fsp3) is 0.143. The number of hydrogen-bond acceptors (Lipinski definition) is 3. The summed E-state index contributed by atoms with van der Waals surface area (Å²) in [7, 11) is 0. The molecule has 0 aliphatic rings. The molecule has 0 N–H and O–H groups in total. The van der Waals surface area contributed by atoms with Gasteiger partial charge in [-0.05, 0) is 29.8 Å². The maximum absolute atomic E-state index is 12.4. The summed E-state index contributed by atoms with van der Waals surface area (Å²) in [6, 6.07) is 9.24. The molecule has 0 saturated heterocycles. The molecule has 2 rings (SSSR count). The quantitative estimate of drug-likeness (QED) is 0.809. The lowest BCUT2D eigenvalue weighted by molar-refractivity contribution is -0.137. The van der Waals surface area contributed by atoms with Crippen molar-refractivity contribution >= 4 is 5.97 Å². The molecule has 104 valence electrons. The van der Waals surface area contributed by atoms with Crippen LogP contribution in [0.2, 0.25) is 0 Å². The minimum atomic E-state index is -4.37. The van der Waals surface area contributed by atoms with Gasteiger partial charge in [0.15, 0.2) is 0 Å². The van der Waals surface area contributed by atoms with E-state index in [0.717, 1.165) is 12.1 Å². The van der Waals surface area contributed by atoms with Gasteiger partial charge in [-0.15, -0.1) is 0 Å². The third-order valence-electron chi connectivity index (χ3n) is 2.53. The molecule has 0 fully saturated rings. The highest BCUT2D eigenvalue weighted by molar-refractivity contribution is 5.87. The van der Waals surface area contributed by atoms with E-state index in [2.05, 4.69) is 4.98 Å². The number of halogens is 3. The summed E-state index contributed by atoms with van der Waals surface area (Å²) in [6.07, 6.45) is -2.92. The largest absolute Gasteiger partial charge is 0.456 e. The topological polar surface area (TPSA) is 39.2 Å². The number of hydrogen-bond donors (Lipinski definition) is 0. The number of esters is 1. The van der Waals surface area contributed by atoms with Crippen LogP contribution >= 0.6 is 0 Å². The number of ether oxygens (including phenoxy) is 1. The zero-order chi connectivity index (χ0) is 14.6. The van der Waals surface area contributed by atoms with Gasteiger partial charge in [-0.2, -0.15) is 13.2 Å². The van der Waals surface area contributed by atoms with E-state index in [4.69, 9.17) is 4.74 Å². The van der Waals surface area contributed by atoms with E-state index in [9.17, 15) is 18.0 Å². The second kappa shape index (κ2) is 5.73. The van der Waals surface area contributed by atoms with Crippen molar-refractivity contribution in [2.24, 2.45) is 0 Å². The molecule has 1 aromatic heterocycles. The smallest absolute Gasteiger partial charge is 0.416 e. The number of carbonyl (C=O) groups is 1. The molecule has 0 atom stereocenters. The number of aromatic nitrogens is 1. The first-order valence-corrected chi connectivity index (χ1v) is 5.71. The van der Waals surface area contributed by atoms with Crippen LogP contribution in [-0.2, 0) is 17.5 Å². The molecule has 0 unspecified atom stereocenters. The third kappa shape index (κ3) is 3.57. The third-order valence-corrected chi connectivity index (χ3v) is 2.53. The molecule has 0 aliphatic heterocycles. The summed E-state index contributed by atoms with van der Waals surface area (Å²) >= 11 is 0. The summed E-state index contributed by atoms with van der Waals surface area (Å²) in [5.41, 5.74) is -0.112. The molecule has 0 radical (unpaired) electrons. The van der Waals surface area contributed by atoms with E-state index in [0.29, 0.717) is 5.56 Å². The lowest BCUT2D eigenvalue weighted by Gasteiger charge is -2.08. The van der Waals surface area contributed by atoms with Crippen LogP contribution in [0.1, 0.15) is 21.6 Å². The highest BCUT2D eigenvalue weighted by Gasteiger charge is 2.29. The van der Waals surface area contributed by atoms with Gasteiger partial charge in [-0.25, -0.2) is 9.78 Å². The first-order valence-electron chi connectivity index (χ1n) is 5.71. The van der Waals surface area contributed by atoms with Crippen LogP contribution in [0.3, 0.4) is 0 Å². The minimum Gasteiger partial charge on any atom is -0.456 e. The van der Waals surface area contributed by atoms with Gasteiger partial charge in [-0.3, -0.25) is 0 Å². The summed E-state index contributed by atoms with van der Waals surface area (Å²) in [5, 5.41) is 0. The Hall–Kier alpha value is -2.37. The Bertz CT molecular complexity index is 580. The van der Waals surface area contributed by atoms with Crippen molar-refractivity contribution in [2.75, 3.05) is 0 Å². The number of carbonyl (C=O) groups excluding carboxylic acids is 1. The molecule has 0 amide bonds. The summed E-state index contributed by atoms with van der Waals surface area (Å²) in [5.74, 6) is -0.620. The molecule has 0 bridgehead atoms. The van der Waals surface area contributed by atoms with Gasteiger partial charge in [0.2, 0.25) is 0 Å². The molecule has 1 heterocycles. The van der Waals surface area contributed by atoms with Crippen LogP contribution in [-0.4, -0.2) is 11.0 Å². The van der Waals surface area contributed by atoms with Crippen LogP contribution in [0.25, 0.3) is 0 Å². The number of pyridine rings is 1. The molecule has 0 saturated carbocycles. The molecule has 3 nitrogen and oxygen atoms in total. The van der Waals surface area contributed by atoms with Crippen molar-refractivity contribution < 1.29 is 22.7 Å². The summed E-state index contributed by atoms with van der Waals surface area (Å²) in [4.78, 5) is 15.4. The molecular formula is C14H10F3NO2. The van der Waals surface area contributed by atoms with Crippen molar-refractivity contribution in [1.82, 2.24) is 4.98 Å². The van der Waals surface area contributed by atoms with Crippen molar-refractivity contribution in [1.29, 1.82) is 0 Å². The van der Waals surface area contributed by atoms with Gasteiger partial charge in [0.1, 0.15) is 12.3 Å². The Kier molecular flexibility index (Phi) is 4.02. The first-order chi connectivity index (χ1) is 9.47. The maximum atomic E-state index is 12.4. The molecule has 2 aromatic rings. The van der Waals surface area contributed by atoms with E-state index in [1.54, 1.807) is 12.1 Å². The van der Waals surface area contributed by atoms with Gasteiger partial charge < -0.3 is 4.74 Å². The zero-order valence-electron chi connectivity index (χ0n) is 10.2. The van der Waals surface area contributed by atoms with Crippen molar-refractivity contribution in [3.05, 3.63) is 65.5 Å². The number of nitrogens with zero attached hydrogens (tertiary/aromatic N) is 1. The summed E-state index contributed by atoms with van der Waals surface area (Å²) in [6.45, 7) is -0.104. The Labute approximate surface area is 113 Å². The summed E-state index contributed by atoms with van der Waals surface area (Å²) < 4.78 is 42.0. The van der Waals surface area contributed by atoms with E-state index in [-0.39, 0.29) is 12.3 Å². The number of alkyl halides is 3.